The van der Waals surface area contributed by atoms with Crippen molar-refractivity contribution in [1.29, 1.82) is 10.7 Å². The number of nitrogens with two attached hydrogens (primary N) is 2. The molecule has 0 spiro atoms. The summed E-state index contributed by atoms with van der Waals surface area (Å²) < 4.78 is 41.6. The van der Waals surface area contributed by atoms with E-state index in [0.717, 1.165) is 22.8 Å². The van der Waals surface area contributed by atoms with E-state index in [-0.39, 0.29) is 23.4 Å². The van der Waals surface area contributed by atoms with Crippen LogP contribution in [0, 0.1) is 22.2 Å². The van der Waals surface area contributed by atoms with E-state index < -0.39 is 35.9 Å². The molecule has 6 N–H and O–H groups in total. The number of carbonyl (C=O) groups excluding carboxylic acids is 1. The Balaban J connectivity index is 2.27. The average Bonchev–Trinajstić information content (AvgIpc) is 2.72. The molecule has 3 atom stereocenters. The molecule has 2 aliphatic rings. The first-order valence-electron chi connectivity index (χ1n) is 10.0. The Labute approximate surface area is 202 Å². The summed E-state index contributed by atoms with van der Waals surface area (Å²) in [6.07, 6.45) is -2.96. The highest BCUT2D eigenvalue weighted by atomic mass is 79.9. The molecule has 3 rings (SSSR count). The number of guanidine groups is 1. The largest absolute Gasteiger partial charge is 0.397 e. The van der Waals surface area contributed by atoms with E-state index in [1.165, 1.54) is 37.3 Å². The second-order valence-electron chi connectivity index (χ2n) is 8.18. The minimum Gasteiger partial charge on any atom is -0.366 e. The number of benzene rings is 1. The molecule has 1 aliphatic heterocycles. The third-order valence-corrected chi connectivity index (χ3v) is 6.60. The Hall–Kier alpha value is -3.14. The molecule has 34 heavy (non-hydrogen) atoms. The molecular formula is C22H22BrF3N6O2. The lowest BCUT2D eigenvalue weighted by Gasteiger charge is -2.47. The number of amides is 1. The Kier molecular flexibility index (Phi) is 6.67. The van der Waals surface area contributed by atoms with Gasteiger partial charge < -0.3 is 10.8 Å². The van der Waals surface area contributed by atoms with Crippen LogP contribution in [0.4, 0.5) is 13.2 Å². The van der Waals surface area contributed by atoms with Crippen molar-refractivity contribution < 1.29 is 23.1 Å². The van der Waals surface area contributed by atoms with Gasteiger partial charge in [-0.05, 0) is 50.1 Å². The lowest BCUT2D eigenvalue weighted by Crippen LogP contribution is -2.57. The summed E-state index contributed by atoms with van der Waals surface area (Å²) in [5.74, 6) is -1.37. The molecular weight excluding hydrogens is 517 g/mol. The van der Waals surface area contributed by atoms with Gasteiger partial charge in [0.25, 0.3) is 0 Å². The zero-order valence-corrected chi connectivity index (χ0v) is 19.8. The van der Waals surface area contributed by atoms with Crippen LogP contribution >= 0.6 is 15.9 Å². The predicted molar refractivity (Wildman–Crippen MR) is 121 cm³/mol. The van der Waals surface area contributed by atoms with E-state index in [0.29, 0.717) is 15.6 Å². The van der Waals surface area contributed by atoms with Gasteiger partial charge in [-0.25, -0.2) is 0 Å². The smallest absolute Gasteiger partial charge is 0.366 e. The van der Waals surface area contributed by atoms with E-state index in [1.54, 1.807) is 0 Å². The first-order valence-corrected chi connectivity index (χ1v) is 10.8. The maximum Gasteiger partial charge on any atom is 0.397 e. The Morgan fingerprint density at radius 3 is 2.59 bits per heavy atom. The Morgan fingerprint density at radius 2 is 2.09 bits per heavy atom. The van der Waals surface area contributed by atoms with Crippen LogP contribution in [0.5, 0.6) is 0 Å². The second kappa shape index (κ2) is 8.90. The minimum absolute atomic E-state index is 0.0182. The second-order valence-corrected chi connectivity index (χ2v) is 9.04. The van der Waals surface area contributed by atoms with Gasteiger partial charge in [-0.2, -0.15) is 18.4 Å². The van der Waals surface area contributed by atoms with Crippen molar-refractivity contribution >= 4 is 27.8 Å². The Bertz CT molecular complexity index is 1180. The quantitative estimate of drug-likeness (QED) is 0.433. The topological polar surface area (TPSA) is 143 Å². The standard InChI is InChI=1S/C22H22BrF3N6O2/c1-11-16(18(28)33)17(14-6-5-12(10-27)8-15(14)23)32(20(30)34)19(29)31(11)13-4-3-7-21(2,9-13)22(24,25)26/h3-6,8-9,17,20,29,34H,7,30H2,1-2H3,(H2,28,33). The van der Waals surface area contributed by atoms with Gasteiger partial charge in [0.1, 0.15) is 0 Å². The summed E-state index contributed by atoms with van der Waals surface area (Å²) >= 11 is 3.34. The van der Waals surface area contributed by atoms with Crippen molar-refractivity contribution in [3.05, 3.63) is 69.0 Å². The molecule has 12 heteroatoms. The van der Waals surface area contributed by atoms with Gasteiger partial charge in [-0.3, -0.25) is 25.7 Å². The van der Waals surface area contributed by atoms with Gasteiger partial charge in [0.2, 0.25) is 11.9 Å². The van der Waals surface area contributed by atoms with Gasteiger partial charge >= 0.3 is 6.18 Å². The molecule has 0 saturated carbocycles. The number of aliphatic hydroxyl groups is 1. The molecule has 0 radical (unpaired) electrons. The van der Waals surface area contributed by atoms with Crippen molar-refractivity contribution in [2.75, 3.05) is 0 Å². The fourth-order valence-electron chi connectivity index (χ4n) is 4.08. The van der Waals surface area contributed by atoms with Crippen molar-refractivity contribution in [2.24, 2.45) is 16.9 Å². The zero-order chi connectivity index (χ0) is 25.6. The number of nitriles is 1. The molecule has 3 unspecified atom stereocenters. The van der Waals surface area contributed by atoms with Crippen LogP contribution in [-0.2, 0) is 4.79 Å². The van der Waals surface area contributed by atoms with E-state index in [4.69, 9.17) is 22.1 Å². The van der Waals surface area contributed by atoms with Crippen LogP contribution in [0.1, 0.15) is 37.4 Å². The average molecular weight is 539 g/mol. The van der Waals surface area contributed by atoms with E-state index >= 15 is 0 Å². The summed E-state index contributed by atoms with van der Waals surface area (Å²) in [6.45, 7) is 2.48. The lowest BCUT2D eigenvalue weighted by molar-refractivity contribution is -0.199. The Morgan fingerprint density at radius 1 is 1.44 bits per heavy atom. The van der Waals surface area contributed by atoms with Crippen LogP contribution in [0.25, 0.3) is 0 Å². The highest BCUT2D eigenvalue weighted by molar-refractivity contribution is 9.10. The van der Waals surface area contributed by atoms with Crippen LogP contribution in [-0.4, -0.2) is 39.3 Å². The molecule has 0 aromatic heterocycles. The maximum absolute atomic E-state index is 13.7. The van der Waals surface area contributed by atoms with Crippen molar-refractivity contribution in [3.8, 4) is 6.07 Å². The normalized spacial score (nSPS) is 24.1. The van der Waals surface area contributed by atoms with Gasteiger partial charge in [0, 0.05) is 15.9 Å². The molecule has 1 aromatic carbocycles. The molecule has 0 fully saturated rings. The van der Waals surface area contributed by atoms with Crippen LogP contribution in [0.3, 0.4) is 0 Å². The number of allylic oxidation sites excluding steroid dienone is 4. The number of carbonyl (C=O) groups is 1. The predicted octanol–water partition coefficient (Wildman–Crippen LogP) is 3.32. The number of halogens is 4. The molecule has 0 saturated heterocycles. The fourth-order valence-corrected chi connectivity index (χ4v) is 4.67. The number of nitrogens with zero attached hydrogens (tertiary/aromatic N) is 3. The first kappa shape index (κ1) is 25.5. The monoisotopic (exact) mass is 538 g/mol. The lowest BCUT2D eigenvalue weighted by atomic mass is 9.81. The summed E-state index contributed by atoms with van der Waals surface area (Å²) in [4.78, 5) is 14.7. The van der Waals surface area contributed by atoms with E-state index in [2.05, 4.69) is 15.9 Å². The number of hydrogen-bond acceptors (Lipinski definition) is 5. The number of rotatable bonds is 4. The zero-order valence-electron chi connectivity index (χ0n) is 18.2. The van der Waals surface area contributed by atoms with Crippen LogP contribution in [0.15, 0.2) is 57.9 Å². The molecule has 1 heterocycles. The molecule has 1 amide bonds. The summed E-state index contributed by atoms with van der Waals surface area (Å²) in [7, 11) is 0. The molecule has 8 nitrogen and oxygen atoms in total. The number of alkyl halides is 3. The van der Waals surface area contributed by atoms with Gasteiger partial charge in [0.15, 0.2) is 6.35 Å². The van der Waals surface area contributed by atoms with Gasteiger partial charge in [-0.1, -0.05) is 28.1 Å². The highest BCUT2D eigenvalue weighted by Gasteiger charge is 2.51. The SMILES string of the molecule is CC1=C(C(N)=O)C(c2ccc(C#N)cc2Br)N(C(N)O)C(=N)N1C1=CC(C)(C(F)(F)F)CC=C1. The van der Waals surface area contributed by atoms with Crippen molar-refractivity contribution in [2.45, 2.75) is 38.8 Å². The van der Waals surface area contributed by atoms with Crippen LogP contribution < -0.4 is 11.5 Å². The van der Waals surface area contributed by atoms with Gasteiger partial charge in [-0.15, -0.1) is 0 Å². The van der Waals surface area contributed by atoms with E-state index in [1.807, 2.05) is 6.07 Å². The van der Waals surface area contributed by atoms with E-state index in [9.17, 15) is 23.1 Å². The maximum atomic E-state index is 13.7. The fraction of sp³-hybridized carbons (Fsp3) is 0.318. The van der Waals surface area contributed by atoms with Gasteiger partial charge in [0.05, 0.1) is 28.7 Å². The molecule has 0 bridgehead atoms. The number of primary amides is 1. The minimum atomic E-state index is -4.56. The number of aliphatic hydroxyl groups excluding tert-OH is 1. The molecule has 180 valence electrons. The summed E-state index contributed by atoms with van der Waals surface area (Å²) in [6, 6.07) is 5.31. The first-order chi connectivity index (χ1) is 15.7. The third-order valence-electron chi connectivity index (χ3n) is 5.91. The van der Waals surface area contributed by atoms with Crippen molar-refractivity contribution in [3.63, 3.8) is 0 Å². The summed E-state index contributed by atoms with van der Waals surface area (Å²) in [5.41, 5.74) is 9.94. The number of nitrogens with one attached hydrogen (secondary N) is 1. The summed E-state index contributed by atoms with van der Waals surface area (Å²) in [5, 5.41) is 28.3. The molecule has 1 aliphatic carbocycles. The van der Waals surface area contributed by atoms with Crippen molar-refractivity contribution in [1.82, 2.24) is 9.80 Å². The molecule has 1 aromatic rings. The third kappa shape index (κ3) is 4.22. The highest BCUT2D eigenvalue weighted by Crippen LogP contribution is 2.47. The number of hydrogen-bond donors (Lipinski definition) is 4. The van der Waals surface area contributed by atoms with Crippen LogP contribution in [0.2, 0.25) is 0 Å².